The highest BCUT2D eigenvalue weighted by atomic mass is 79.9. The lowest BCUT2D eigenvalue weighted by atomic mass is 9.84. The number of hydrogen-bond acceptors (Lipinski definition) is 5. The number of nitrogens with one attached hydrogen (secondary N) is 1. The molecule has 0 atom stereocenters. The van der Waals surface area contributed by atoms with Crippen LogP contribution in [0.4, 0.5) is 5.69 Å². The molecule has 9 heteroatoms. The summed E-state index contributed by atoms with van der Waals surface area (Å²) in [5, 5.41) is 3.16. The predicted molar refractivity (Wildman–Crippen MR) is 161 cm³/mol. The average molecular weight is 627 g/mol. The summed E-state index contributed by atoms with van der Waals surface area (Å²) in [5.74, 6) is 0.943. The lowest BCUT2D eigenvalue weighted by molar-refractivity contribution is 0.0920. The van der Waals surface area contributed by atoms with E-state index >= 15 is 0 Å². The number of anilines is 1. The van der Waals surface area contributed by atoms with Gasteiger partial charge in [0.2, 0.25) is 0 Å². The SMILES string of the molecule is O=C(NC1CCC(CCN2CCCC2)CC1)c1ccc(S(=O)(=O)N(Oc2ccc(Br)cc2)c2ccccc2)cc1. The molecule has 1 N–H and O–H groups in total. The number of rotatable bonds is 10. The van der Waals surface area contributed by atoms with Gasteiger partial charge in [-0.1, -0.05) is 38.6 Å². The Hall–Kier alpha value is -2.88. The number of carbonyl (C=O) groups is 1. The van der Waals surface area contributed by atoms with Crippen molar-refractivity contribution in [3.8, 4) is 5.75 Å². The fourth-order valence-electron chi connectivity index (χ4n) is 5.49. The van der Waals surface area contributed by atoms with E-state index in [1.807, 2.05) is 6.07 Å². The van der Waals surface area contributed by atoms with Gasteiger partial charge in [-0.2, -0.15) is 8.42 Å². The fourth-order valence-corrected chi connectivity index (χ4v) is 7.01. The van der Waals surface area contributed by atoms with Gasteiger partial charge in [0.25, 0.3) is 15.9 Å². The fraction of sp³-hybridized carbons (Fsp3) is 0.387. The molecule has 0 radical (unpaired) electrons. The van der Waals surface area contributed by atoms with Crippen LogP contribution in [0.15, 0.2) is 88.2 Å². The number of amides is 1. The Kier molecular flexibility index (Phi) is 9.44. The molecule has 0 unspecified atom stereocenters. The first-order valence-electron chi connectivity index (χ1n) is 14.1. The first-order chi connectivity index (χ1) is 19.4. The summed E-state index contributed by atoms with van der Waals surface area (Å²) in [6, 6.07) is 21.8. The molecule has 0 bridgehead atoms. The minimum absolute atomic E-state index is 0.0310. The molecule has 1 saturated carbocycles. The van der Waals surface area contributed by atoms with Crippen LogP contribution in [0.3, 0.4) is 0 Å². The molecule has 1 aliphatic carbocycles. The van der Waals surface area contributed by atoms with E-state index in [1.165, 1.54) is 51.0 Å². The predicted octanol–water partition coefficient (Wildman–Crippen LogP) is 6.41. The second kappa shape index (κ2) is 13.2. The summed E-state index contributed by atoms with van der Waals surface area (Å²) < 4.78 is 29.1. The van der Waals surface area contributed by atoms with Crippen molar-refractivity contribution >= 4 is 37.5 Å². The topological polar surface area (TPSA) is 79.0 Å². The molecular formula is C31H36BrN3O4S. The van der Waals surface area contributed by atoms with E-state index in [0.717, 1.165) is 40.5 Å². The summed E-state index contributed by atoms with van der Waals surface area (Å²) in [6.07, 6.45) is 8.17. The van der Waals surface area contributed by atoms with Gasteiger partial charge in [0.1, 0.15) is 0 Å². The van der Waals surface area contributed by atoms with Gasteiger partial charge in [-0.15, -0.1) is 0 Å². The van der Waals surface area contributed by atoms with Crippen molar-refractivity contribution in [1.29, 1.82) is 0 Å². The smallest absolute Gasteiger partial charge is 0.295 e. The van der Waals surface area contributed by atoms with Crippen molar-refractivity contribution in [2.75, 3.05) is 24.1 Å². The lowest BCUT2D eigenvalue weighted by Gasteiger charge is -2.30. The van der Waals surface area contributed by atoms with Crippen LogP contribution < -0.4 is 14.6 Å². The van der Waals surface area contributed by atoms with E-state index in [1.54, 1.807) is 60.7 Å². The number of carbonyl (C=O) groups excluding carboxylic acids is 1. The van der Waals surface area contributed by atoms with Crippen LogP contribution >= 0.6 is 15.9 Å². The zero-order valence-electron chi connectivity index (χ0n) is 22.5. The van der Waals surface area contributed by atoms with Crippen molar-refractivity contribution < 1.29 is 18.0 Å². The van der Waals surface area contributed by atoms with Gasteiger partial charge in [-0.25, -0.2) is 0 Å². The number of hydrogen-bond donors (Lipinski definition) is 1. The van der Waals surface area contributed by atoms with Crippen LogP contribution in [0.5, 0.6) is 5.75 Å². The lowest BCUT2D eigenvalue weighted by Crippen LogP contribution is -2.38. The van der Waals surface area contributed by atoms with Crippen LogP contribution in [0, 0.1) is 5.92 Å². The molecular weight excluding hydrogens is 590 g/mol. The standard InChI is InChI=1S/C31H36BrN3O4S/c32-26-12-16-29(17-13-26)39-35(28-6-2-1-3-7-28)40(37,38)30-18-10-25(11-19-30)31(36)33-27-14-8-24(9-15-27)20-23-34-21-4-5-22-34/h1-3,6-7,10-13,16-19,24,27H,4-5,8-9,14-15,20-23H2,(H,33,36). The Morgan fingerprint density at radius 3 is 2.20 bits per heavy atom. The van der Waals surface area contributed by atoms with Gasteiger partial charge >= 0.3 is 0 Å². The molecule has 0 spiro atoms. The van der Waals surface area contributed by atoms with Crippen LogP contribution in [0.1, 0.15) is 55.3 Å². The summed E-state index contributed by atoms with van der Waals surface area (Å²) in [5.41, 5.74) is 0.804. The maximum atomic E-state index is 13.7. The van der Waals surface area contributed by atoms with Gasteiger partial charge in [0.15, 0.2) is 5.75 Å². The zero-order chi connectivity index (χ0) is 28.0. The van der Waals surface area contributed by atoms with Crippen molar-refractivity contribution in [3.05, 3.63) is 88.9 Å². The van der Waals surface area contributed by atoms with E-state index in [0.29, 0.717) is 17.0 Å². The molecule has 3 aromatic carbocycles. The Morgan fingerprint density at radius 1 is 0.900 bits per heavy atom. The van der Waals surface area contributed by atoms with Crippen molar-refractivity contribution in [2.45, 2.75) is 55.9 Å². The van der Waals surface area contributed by atoms with Gasteiger partial charge < -0.3 is 15.1 Å². The third kappa shape index (κ3) is 7.25. The van der Waals surface area contributed by atoms with Crippen molar-refractivity contribution in [1.82, 2.24) is 10.2 Å². The number of nitrogens with zero attached hydrogens (tertiary/aromatic N) is 2. The minimum Gasteiger partial charge on any atom is -0.364 e. The molecule has 1 aliphatic heterocycles. The van der Waals surface area contributed by atoms with E-state index in [-0.39, 0.29) is 16.8 Å². The minimum atomic E-state index is -4.09. The van der Waals surface area contributed by atoms with Crippen LogP contribution in [0.25, 0.3) is 0 Å². The molecule has 40 heavy (non-hydrogen) atoms. The van der Waals surface area contributed by atoms with E-state index in [9.17, 15) is 13.2 Å². The number of likely N-dealkylation sites (tertiary alicyclic amines) is 1. The molecule has 2 aliphatic rings. The quantitative estimate of drug-likeness (QED) is 0.263. The highest BCUT2D eigenvalue weighted by Gasteiger charge is 2.28. The molecule has 2 fully saturated rings. The number of sulfonamides is 1. The summed E-state index contributed by atoms with van der Waals surface area (Å²) in [6.45, 7) is 3.69. The van der Waals surface area contributed by atoms with Crippen LogP contribution in [-0.4, -0.2) is 44.9 Å². The van der Waals surface area contributed by atoms with Crippen LogP contribution in [-0.2, 0) is 10.0 Å². The molecule has 212 valence electrons. The molecule has 1 amide bonds. The first-order valence-corrected chi connectivity index (χ1v) is 16.3. The molecule has 7 nitrogen and oxygen atoms in total. The Balaban J connectivity index is 1.21. The third-order valence-corrected chi connectivity index (χ3v) is 9.95. The second-order valence-electron chi connectivity index (χ2n) is 10.7. The van der Waals surface area contributed by atoms with E-state index in [4.69, 9.17) is 4.84 Å². The largest absolute Gasteiger partial charge is 0.364 e. The second-order valence-corrected chi connectivity index (χ2v) is 13.3. The zero-order valence-corrected chi connectivity index (χ0v) is 24.9. The summed E-state index contributed by atoms with van der Waals surface area (Å²) in [4.78, 5) is 21.4. The third-order valence-electron chi connectivity index (χ3n) is 7.84. The molecule has 3 aromatic rings. The number of benzene rings is 3. The van der Waals surface area contributed by atoms with Crippen molar-refractivity contribution in [3.63, 3.8) is 0 Å². The maximum Gasteiger partial charge on any atom is 0.295 e. The number of halogens is 1. The molecule has 0 aromatic heterocycles. The first kappa shape index (κ1) is 28.6. The highest BCUT2D eigenvalue weighted by Crippen LogP contribution is 2.29. The molecule has 1 saturated heterocycles. The van der Waals surface area contributed by atoms with Crippen molar-refractivity contribution in [2.24, 2.45) is 5.92 Å². The Bertz CT molecular complexity index is 1350. The molecule has 5 rings (SSSR count). The van der Waals surface area contributed by atoms with E-state index in [2.05, 4.69) is 26.1 Å². The van der Waals surface area contributed by atoms with E-state index < -0.39 is 10.0 Å². The summed E-state index contributed by atoms with van der Waals surface area (Å²) in [7, 11) is -4.09. The van der Waals surface area contributed by atoms with Gasteiger partial charge in [0.05, 0.1) is 10.6 Å². The van der Waals surface area contributed by atoms with Crippen LogP contribution in [0.2, 0.25) is 0 Å². The summed E-state index contributed by atoms with van der Waals surface area (Å²) >= 11 is 3.38. The normalized spacial score (nSPS) is 19.7. The van der Waals surface area contributed by atoms with Gasteiger partial charge in [-0.05, 0) is 131 Å². The number of para-hydroxylation sites is 1. The monoisotopic (exact) mass is 625 g/mol. The van der Waals surface area contributed by atoms with Gasteiger partial charge in [-0.3, -0.25) is 4.79 Å². The average Bonchev–Trinajstić information content (AvgIpc) is 3.51. The Labute approximate surface area is 245 Å². The Morgan fingerprint density at radius 2 is 1.55 bits per heavy atom. The molecule has 1 heterocycles. The maximum absolute atomic E-state index is 13.7. The van der Waals surface area contributed by atoms with Gasteiger partial charge in [0, 0.05) is 16.1 Å². The highest BCUT2D eigenvalue weighted by molar-refractivity contribution is 9.10.